The topological polar surface area (TPSA) is 75.4 Å². The van der Waals surface area contributed by atoms with Crippen LogP contribution in [0.5, 0.6) is 0 Å². The second-order valence-corrected chi connectivity index (χ2v) is 8.32. The van der Waals surface area contributed by atoms with Crippen LogP contribution in [-0.2, 0) is 16.6 Å². The van der Waals surface area contributed by atoms with Crippen LogP contribution in [0.25, 0.3) is 11.3 Å². The number of carboxylic acids is 1. The van der Waals surface area contributed by atoms with E-state index in [0.29, 0.717) is 0 Å². The van der Waals surface area contributed by atoms with Gasteiger partial charge < -0.3 is 14.9 Å². The van der Waals surface area contributed by atoms with Gasteiger partial charge in [0.2, 0.25) is 0 Å². The Bertz CT molecular complexity index is 743. The molecule has 1 saturated heterocycles. The monoisotopic (exact) mass is 356 g/mol. The summed E-state index contributed by atoms with van der Waals surface area (Å²) >= 11 is 0. The zero-order valence-electron chi connectivity index (χ0n) is 15.8. The fourth-order valence-corrected chi connectivity index (χ4v) is 3.66. The molecular weight excluding hydrogens is 328 g/mol. The zero-order chi connectivity index (χ0) is 18.7. The molecule has 3 rings (SSSR count). The standard InChI is InChI=1S/C21H28N2O3/c1-21(2,3)17-6-4-14(5-7-17)19-12-18(23-26-19)10-16-13-22-9-8-15(16)11-20(24)25/h4-7,12,15-16,22H,8-11,13H2,1-3H3,(H,24,25). The van der Waals surface area contributed by atoms with Gasteiger partial charge >= 0.3 is 5.97 Å². The Labute approximate surface area is 154 Å². The molecule has 0 spiro atoms. The van der Waals surface area contributed by atoms with Gasteiger partial charge in [-0.25, -0.2) is 0 Å². The van der Waals surface area contributed by atoms with Crippen LogP contribution in [0.1, 0.15) is 44.9 Å². The predicted octanol–water partition coefficient (Wildman–Crippen LogP) is 3.88. The number of rotatable bonds is 5. The van der Waals surface area contributed by atoms with Crippen LogP contribution >= 0.6 is 0 Å². The SMILES string of the molecule is CC(C)(C)c1ccc(-c2cc(CC3CNCCC3CC(=O)O)no2)cc1. The summed E-state index contributed by atoms with van der Waals surface area (Å²) in [6, 6.07) is 10.4. The molecule has 1 fully saturated rings. The molecule has 0 saturated carbocycles. The number of hydrogen-bond acceptors (Lipinski definition) is 4. The number of nitrogens with zero attached hydrogens (tertiary/aromatic N) is 1. The summed E-state index contributed by atoms with van der Waals surface area (Å²) in [5, 5.41) is 16.7. The molecule has 140 valence electrons. The molecule has 2 N–H and O–H groups in total. The van der Waals surface area contributed by atoms with Crippen molar-refractivity contribution in [2.45, 2.75) is 45.4 Å². The first-order chi connectivity index (χ1) is 12.3. The van der Waals surface area contributed by atoms with Crippen molar-refractivity contribution in [3.63, 3.8) is 0 Å². The molecule has 1 aliphatic rings. The van der Waals surface area contributed by atoms with Crippen molar-refractivity contribution in [2.24, 2.45) is 11.8 Å². The average molecular weight is 356 g/mol. The molecule has 1 aromatic heterocycles. The van der Waals surface area contributed by atoms with Crippen molar-refractivity contribution in [1.29, 1.82) is 0 Å². The fraction of sp³-hybridized carbons (Fsp3) is 0.524. The van der Waals surface area contributed by atoms with Crippen molar-refractivity contribution in [3.8, 4) is 11.3 Å². The first kappa shape index (κ1) is 18.6. The van der Waals surface area contributed by atoms with E-state index in [2.05, 4.69) is 55.5 Å². The van der Waals surface area contributed by atoms with Crippen LogP contribution in [0.3, 0.4) is 0 Å². The second kappa shape index (κ2) is 7.62. The van der Waals surface area contributed by atoms with Gasteiger partial charge in [-0.1, -0.05) is 50.2 Å². The van der Waals surface area contributed by atoms with Gasteiger partial charge in [0, 0.05) is 18.1 Å². The molecule has 1 aliphatic heterocycles. The molecule has 0 aliphatic carbocycles. The van der Waals surface area contributed by atoms with E-state index in [1.54, 1.807) is 0 Å². The molecule has 26 heavy (non-hydrogen) atoms. The van der Waals surface area contributed by atoms with Gasteiger partial charge in [-0.3, -0.25) is 4.79 Å². The number of nitrogens with one attached hydrogen (secondary N) is 1. The molecular formula is C21H28N2O3. The Balaban J connectivity index is 1.70. The third-order valence-corrected chi connectivity index (χ3v) is 5.27. The maximum absolute atomic E-state index is 11.1. The van der Waals surface area contributed by atoms with Gasteiger partial charge in [0.05, 0.1) is 5.69 Å². The largest absolute Gasteiger partial charge is 0.481 e. The molecule has 2 unspecified atom stereocenters. The fourth-order valence-electron chi connectivity index (χ4n) is 3.66. The van der Waals surface area contributed by atoms with Crippen molar-refractivity contribution in [2.75, 3.05) is 13.1 Å². The molecule has 0 radical (unpaired) electrons. The van der Waals surface area contributed by atoms with E-state index in [1.807, 2.05) is 6.07 Å². The van der Waals surface area contributed by atoms with Crippen molar-refractivity contribution in [3.05, 3.63) is 41.6 Å². The molecule has 0 amide bonds. The second-order valence-electron chi connectivity index (χ2n) is 8.32. The van der Waals surface area contributed by atoms with Crippen LogP contribution in [0.2, 0.25) is 0 Å². The lowest BCUT2D eigenvalue weighted by atomic mass is 9.81. The van der Waals surface area contributed by atoms with Crippen LogP contribution < -0.4 is 5.32 Å². The summed E-state index contributed by atoms with van der Waals surface area (Å²) in [4.78, 5) is 11.1. The zero-order valence-corrected chi connectivity index (χ0v) is 15.8. The molecule has 1 aromatic carbocycles. The van der Waals surface area contributed by atoms with E-state index >= 15 is 0 Å². The maximum atomic E-state index is 11.1. The highest BCUT2D eigenvalue weighted by Crippen LogP contribution is 2.29. The number of piperidine rings is 1. The molecule has 2 heterocycles. The highest BCUT2D eigenvalue weighted by atomic mass is 16.5. The van der Waals surface area contributed by atoms with E-state index < -0.39 is 5.97 Å². The lowest BCUT2D eigenvalue weighted by molar-refractivity contribution is -0.138. The summed E-state index contributed by atoms with van der Waals surface area (Å²) < 4.78 is 5.55. The average Bonchev–Trinajstić information content (AvgIpc) is 3.04. The minimum atomic E-state index is -0.721. The number of benzene rings is 1. The highest BCUT2D eigenvalue weighted by Gasteiger charge is 2.28. The molecule has 5 heteroatoms. The number of aromatic nitrogens is 1. The first-order valence-corrected chi connectivity index (χ1v) is 9.32. The number of carboxylic acid groups (broad SMARTS) is 1. The summed E-state index contributed by atoms with van der Waals surface area (Å²) in [5.41, 5.74) is 3.31. The van der Waals surface area contributed by atoms with Crippen LogP contribution in [0.15, 0.2) is 34.9 Å². The van der Waals surface area contributed by atoms with E-state index in [9.17, 15) is 4.79 Å². The smallest absolute Gasteiger partial charge is 0.303 e. The van der Waals surface area contributed by atoms with Crippen LogP contribution in [0, 0.1) is 11.8 Å². The quantitative estimate of drug-likeness (QED) is 0.850. The minimum Gasteiger partial charge on any atom is -0.481 e. The molecule has 0 bridgehead atoms. The summed E-state index contributed by atoms with van der Waals surface area (Å²) in [6.45, 7) is 8.31. The maximum Gasteiger partial charge on any atom is 0.303 e. The van der Waals surface area contributed by atoms with E-state index in [-0.39, 0.29) is 23.7 Å². The van der Waals surface area contributed by atoms with Crippen LogP contribution in [-0.4, -0.2) is 29.3 Å². The number of aliphatic carboxylic acids is 1. The Hall–Kier alpha value is -2.14. The normalized spacial score (nSPS) is 20.9. The van der Waals surface area contributed by atoms with Crippen molar-refractivity contribution in [1.82, 2.24) is 10.5 Å². The van der Waals surface area contributed by atoms with Gasteiger partial charge in [0.25, 0.3) is 0 Å². The summed E-state index contributed by atoms with van der Waals surface area (Å²) in [7, 11) is 0. The van der Waals surface area contributed by atoms with Gasteiger partial charge in [0.1, 0.15) is 0 Å². The van der Waals surface area contributed by atoms with E-state index in [1.165, 1.54) is 5.56 Å². The third-order valence-electron chi connectivity index (χ3n) is 5.27. The predicted molar refractivity (Wildman–Crippen MR) is 101 cm³/mol. The van der Waals surface area contributed by atoms with E-state index in [4.69, 9.17) is 9.63 Å². The number of carbonyl (C=O) groups is 1. The summed E-state index contributed by atoms with van der Waals surface area (Å²) in [5.74, 6) is 0.515. The van der Waals surface area contributed by atoms with Crippen molar-refractivity contribution < 1.29 is 14.4 Å². The van der Waals surface area contributed by atoms with Crippen molar-refractivity contribution >= 4 is 5.97 Å². The Morgan fingerprint density at radius 1 is 1.27 bits per heavy atom. The Morgan fingerprint density at radius 2 is 2.00 bits per heavy atom. The third kappa shape index (κ3) is 4.52. The minimum absolute atomic E-state index is 0.123. The van der Waals surface area contributed by atoms with Gasteiger partial charge in [-0.2, -0.15) is 0 Å². The molecule has 2 aromatic rings. The highest BCUT2D eigenvalue weighted by molar-refractivity contribution is 5.67. The number of hydrogen-bond donors (Lipinski definition) is 2. The summed E-state index contributed by atoms with van der Waals surface area (Å²) in [6.07, 6.45) is 1.87. The van der Waals surface area contributed by atoms with Gasteiger partial charge in [-0.05, 0) is 48.7 Å². The Morgan fingerprint density at radius 3 is 2.65 bits per heavy atom. The Kier molecular flexibility index (Phi) is 5.47. The lowest BCUT2D eigenvalue weighted by Crippen LogP contribution is -2.38. The van der Waals surface area contributed by atoms with Gasteiger partial charge in [-0.15, -0.1) is 0 Å². The lowest BCUT2D eigenvalue weighted by Gasteiger charge is -2.30. The molecule has 2 atom stereocenters. The van der Waals surface area contributed by atoms with Crippen LogP contribution in [0.4, 0.5) is 0 Å². The van der Waals surface area contributed by atoms with Gasteiger partial charge in [0.15, 0.2) is 5.76 Å². The first-order valence-electron chi connectivity index (χ1n) is 9.32. The molecule has 5 nitrogen and oxygen atoms in total. The van der Waals surface area contributed by atoms with E-state index in [0.717, 1.165) is 42.9 Å².